The van der Waals surface area contributed by atoms with Gasteiger partial charge >= 0.3 is 0 Å². The lowest BCUT2D eigenvalue weighted by Crippen LogP contribution is -2.28. The molecular weight excluding hydrogens is 312 g/mol. The molecule has 0 radical (unpaired) electrons. The molecule has 1 aromatic carbocycles. The number of amides is 1. The molecule has 0 spiro atoms. The van der Waals surface area contributed by atoms with Crippen LogP contribution in [0.15, 0.2) is 16.6 Å². The van der Waals surface area contributed by atoms with E-state index >= 15 is 0 Å². The fraction of sp³-hybridized carbons (Fsp3) is 0.462. The summed E-state index contributed by atoms with van der Waals surface area (Å²) in [4.78, 5) is 11.7. The van der Waals surface area contributed by atoms with E-state index in [2.05, 4.69) is 33.5 Å². The Kier molecular flexibility index (Phi) is 5.04. The fourth-order valence-electron chi connectivity index (χ4n) is 1.73. The average molecular weight is 329 g/mol. The van der Waals surface area contributed by atoms with Gasteiger partial charge in [-0.2, -0.15) is 0 Å². The van der Waals surface area contributed by atoms with Gasteiger partial charge in [0, 0.05) is 16.6 Å². The highest BCUT2D eigenvalue weighted by atomic mass is 79.9. The fourth-order valence-corrected chi connectivity index (χ4v) is 2.15. The Balaban J connectivity index is 2.01. The number of carbonyl (C=O) groups is 1. The van der Waals surface area contributed by atoms with Gasteiger partial charge in [0.2, 0.25) is 5.91 Å². The standard InChI is InChI=1S/C13H17BrN2O3/c1-2-3-15-8-13(17)16-10-7-12-11(6-9(10)14)18-4-5-19-12/h6-7,15H,2-5,8H2,1H3,(H,16,17). The molecule has 2 rings (SSSR count). The number of nitrogens with one attached hydrogen (secondary N) is 2. The molecule has 0 bridgehead atoms. The SMILES string of the molecule is CCCNCC(=O)Nc1cc2c(cc1Br)OCCO2. The maximum atomic E-state index is 11.7. The van der Waals surface area contributed by atoms with E-state index in [1.54, 1.807) is 6.07 Å². The van der Waals surface area contributed by atoms with E-state index in [-0.39, 0.29) is 5.91 Å². The van der Waals surface area contributed by atoms with Gasteiger partial charge in [-0.3, -0.25) is 4.79 Å². The first-order valence-electron chi connectivity index (χ1n) is 6.30. The van der Waals surface area contributed by atoms with Crippen molar-refractivity contribution in [2.45, 2.75) is 13.3 Å². The molecule has 5 nitrogen and oxygen atoms in total. The van der Waals surface area contributed by atoms with E-state index in [0.717, 1.165) is 17.4 Å². The summed E-state index contributed by atoms with van der Waals surface area (Å²) in [6, 6.07) is 3.58. The van der Waals surface area contributed by atoms with E-state index in [1.165, 1.54) is 0 Å². The van der Waals surface area contributed by atoms with Crippen LogP contribution in [0.3, 0.4) is 0 Å². The van der Waals surface area contributed by atoms with Gasteiger partial charge in [0.1, 0.15) is 13.2 Å². The Morgan fingerprint density at radius 2 is 2.00 bits per heavy atom. The number of hydrogen-bond acceptors (Lipinski definition) is 4. The maximum Gasteiger partial charge on any atom is 0.238 e. The zero-order chi connectivity index (χ0) is 13.7. The second kappa shape index (κ2) is 6.77. The predicted octanol–water partition coefficient (Wildman–Crippen LogP) is 2.16. The average Bonchev–Trinajstić information content (AvgIpc) is 2.40. The van der Waals surface area contributed by atoms with Crippen LogP contribution >= 0.6 is 15.9 Å². The summed E-state index contributed by atoms with van der Waals surface area (Å²) in [6.45, 7) is 4.26. The number of benzene rings is 1. The lowest BCUT2D eigenvalue weighted by Gasteiger charge is -2.20. The predicted molar refractivity (Wildman–Crippen MR) is 76.9 cm³/mol. The molecule has 1 aliphatic rings. The van der Waals surface area contributed by atoms with Crippen molar-refractivity contribution in [3.63, 3.8) is 0 Å². The summed E-state index contributed by atoms with van der Waals surface area (Å²) in [5.41, 5.74) is 0.688. The Hall–Kier alpha value is -1.27. The first kappa shape index (κ1) is 14.1. The second-order valence-electron chi connectivity index (χ2n) is 4.20. The van der Waals surface area contributed by atoms with E-state index in [9.17, 15) is 4.79 Å². The number of hydrogen-bond donors (Lipinski definition) is 2. The van der Waals surface area contributed by atoms with E-state index in [4.69, 9.17) is 9.47 Å². The smallest absolute Gasteiger partial charge is 0.238 e. The van der Waals surface area contributed by atoms with Crippen LogP contribution in [-0.2, 0) is 4.79 Å². The number of halogens is 1. The van der Waals surface area contributed by atoms with Gasteiger partial charge in [-0.1, -0.05) is 6.92 Å². The van der Waals surface area contributed by atoms with Crippen molar-refractivity contribution in [2.24, 2.45) is 0 Å². The summed E-state index contributed by atoms with van der Waals surface area (Å²) < 4.78 is 11.7. The molecule has 1 aliphatic heterocycles. The van der Waals surface area contributed by atoms with Crippen molar-refractivity contribution in [3.8, 4) is 11.5 Å². The molecular formula is C13H17BrN2O3. The van der Waals surface area contributed by atoms with Crippen molar-refractivity contribution < 1.29 is 14.3 Å². The zero-order valence-electron chi connectivity index (χ0n) is 10.8. The van der Waals surface area contributed by atoms with Crippen LogP contribution in [0.1, 0.15) is 13.3 Å². The molecule has 2 N–H and O–H groups in total. The summed E-state index contributed by atoms with van der Waals surface area (Å²) in [5, 5.41) is 5.89. The topological polar surface area (TPSA) is 59.6 Å². The van der Waals surface area contributed by atoms with Gasteiger partial charge in [-0.15, -0.1) is 0 Å². The molecule has 0 aromatic heterocycles. The monoisotopic (exact) mass is 328 g/mol. The molecule has 19 heavy (non-hydrogen) atoms. The quantitative estimate of drug-likeness (QED) is 0.813. The number of ether oxygens (including phenoxy) is 2. The highest BCUT2D eigenvalue weighted by molar-refractivity contribution is 9.10. The van der Waals surface area contributed by atoms with Crippen molar-refractivity contribution in [3.05, 3.63) is 16.6 Å². The Morgan fingerprint density at radius 3 is 2.68 bits per heavy atom. The number of carbonyl (C=O) groups excluding carboxylic acids is 1. The van der Waals surface area contributed by atoms with E-state index < -0.39 is 0 Å². The normalized spacial score (nSPS) is 13.2. The Labute approximate surface area is 120 Å². The second-order valence-corrected chi connectivity index (χ2v) is 5.06. The maximum absolute atomic E-state index is 11.7. The number of rotatable bonds is 5. The lowest BCUT2D eigenvalue weighted by atomic mass is 10.2. The molecule has 0 unspecified atom stereocenters. The summed E-state index contributed by atoms with van der Waals surface area (Å²) in [7, 11) is 0. The highest BCUT2D eigenvalue weighted by Crippen LogP contribution is 2.37. The molecule has 0 saturated carbocycles. The first-order valence-corrected chi connectivity index (χ1v) is 7.09. The molecule has 104 valence electrons. The van der Waals surface area contributed by atoms with Crippen LogP contribution in [0.5, 0.6) is 11.5 Å². The first-order chi connectivity index (χ1) is 9.20. The van der Waals surface area contributed by atoms with Crippen molar-refractivity contribution in [2.75, 3.05) is 31.6 Å². The van der Waals surface area contributed by atoms with Crippen LogP contribution in [0.4, 0.5) is 5.69 Å². The minimum absolute atomic E-state index is 0.0779. The van der Waals surface area contributed by atoms with Crippen LogP contribution in [0, 0.1) is 0 Å². The van der Waals surface area contributed by atoms with Crippen LogP contribution in [-0.4, -0.2) is 32.2 Å². The molecule has 0 atom stereocenters. The van der Waals surface area contributed by atoms with Crippen molar-refractivity contribution in [1.29, 1.82) is 0 Å². The third-order valence-electron chi connectivity index (χ3n) is 2.62. The van der Waals surface area contributed by atoms with E-state index in [0.29, 0.717) is 36.9 Å². The van der Waals surface area contributed by atoms with Crippen molar-refractivity contribution in [1.82, 2.24) is 5.32 Å². The minimum Gasteiger partial charge on any atom is -0.486 e. The molecule has 1 aromatic rings. The van der Waals surface area contributed by atoms with Crippen LogP contribution in [0.2, 0.25) is 0 Å². The number of anilines is 1. The highest BCUT2D eigenvalue weighted by Gasteiger charge is 2.15. The van der Waals surface area contributed by atoms with E-state index in [1.807, 2.05) is 6.07 Å². The van der Waals surface area contributed by atoms with Gasteiger partial charge in [-0.25, -0.2) is 0 Å². The molecule has 0 saturated heterocycles. The molecule has 1 amide bonds. The van der Waals surface area contributed by atoms with Gasteiger partial charge < -0.3 is 20.1 Å². The lowest BCUT2D eigenvalue weighted by molar-refractivity contribution is -0.115. The number of fused-ring (bicyclic) bond motifs is 1. The van der Waals surface area contributed by atoms with Gasteiger partial charge in [0.05, 0.1) is 12.2 Å². The summed E-state index contributed by atoms with van der Waals surface area (Å²) >= 11 is 3.42. The molecule has 0 fully saturated rings. The largest absolute Gasteiger partial charge is 0.486 e. The van der Waals surface area contributed by atoms with Crippen LogP contribution < -0.4 is 20.1 Å². The van der Waals surface area contributed by atoms with Gasteiger partial charge in [0.25, 0.3) is 0 Å². The summed E-state index contributed by atoms with van der Waals surface area (Å²) in [6.07, 6.45) is 1.00. The molecule has 0 aliphatic carbocycles. The molecule has 6 heteroatoms. The summed E-state index contributed by atoms with van der Waals surface area (Å²) in [5.74, 6) is 1.28. The van der Waals surface area contributed by atoms with Crippen molar-refractivity contribution >= 4 is 27.5 Å². The Bertz CT molecular complexity index is 465. The van der Waals surface area contributed by atoms with Gasteiger partial charge in [0.15, 0.2) is 11.5 Å². The third-order valence-corrected chi connectivity index (χ3v) is 3.27. The minimum atomic E-state index is -0.0779. The van der Waals surface area contributed by atoms with Gasteiger partial charge in [-0.05, 0) is 28.9 Å². The third kappa shape index (κ3) is 3.84. The molecule has 1 heterocycles. The zero-order valence-corrected chi connectivity index (χ0v) is 12.4. The van der Waals surface area contributed by atoms with Crippen LogP contribution in [0.25, 0.3) is 0 Å². The Morgan fingerprint density at radius 1 is 1.32 bits per heavy atom.